The number of hydrogen-bond donors (Lipinski definition) is 2. The summed E-state index contributed by atoms with van der Waals surface area (Å²) in [5.74, 6) is 1.03. The summed E-state index contributed by atoms with van der Waals surface area (Å²) in [6.45, 7) is 6.40. The third kappa shape index (κ3) is 2.99. The zero-order chi connectivity index (χ0) is 14.9. The first-order valence-electron chi connectivity index (χ1n) is 7.18. The van der Waals surface area contributed by atoms with Crippen LogP contribution in [0.5, 0.6) is 0 Å². The highest BCUT2D eigenvalue weighted by Gasteiger charge is 2.27. The van der Waals surface area contributed by atoms with Crippen molar-refractivity contribution in [3.8, 4) is 0 Å². The average molecular weight is 296 g/mol. The minimum Gasteiger partial charge on any atom is -0.398 e. The largest absolute Gasteiger partial charge is 0.398 e. The molecule has 0 radical (unpaired) electrons. The Balaban J connectivity index is 2.21. The molecule has 2 atom stereocenters. The lowest BCUT2D eigenvalue weighted by molar-refractivity contribution is 0.414. The van der Waals surface area contributed by atoms with E-state index in [4.69, 9.17) is 5.73 Å². The Labute approximate surface area is 121 Å². The normalized spacial score (nSPS) is 23.1. The van der Waals surface area contributed by atoms with Gasteiger partial charge < -0.3 is 5.73 Å². The Morgan fingerprint density at radius 3 is 2.60 bits per heavy atom. The van der Waals surface area contributed by atoms with Crippen molar-refractivity contribution in [2.24, 2.45) is 11.8 Å². The molecule has 4 nitrogen and oxygen atoms in total. The molecule has 3 N–H and O–H groups in total. The second kappa shape index (κ2) is 5.74. The topological polar surface area (TPSA) is 72.2 Å². The van der Waals surface area contributed by atoms with Gasteiger partial charge in [0.2, 0.25) is 10.0 Å². The zero-order valence-corrected chi connectivity index (χ0v) is 13.3. The first-order chi connectivity index (χ1) is 9.33. The fourth-order valence-electron chi connectivity index (χ4n) is 2.98. The molecular weight excluding hydrogens is 272 g/mol. The number of nitrogen functional groups attached to an aromatic ring is 1. The Hall–Kier alpha value is -1.07. The quantitative estimate of drug-likeness (QED) is 0.839. The van der Waals surface area contributed by atoms with Crippen molar-refractivity contribution in [2.45, 2.75) is 44.9 Å². The third-order valence-corrected chi connectivity index (χ3v) is 6.18. The van der Waals surface area contributed by atoms with Crippen LogP contribution in [0.25, 0.3) is 0 Å². The van der Waals surface area contributed by atoms with Gasteiger partial charge >= 0.3 is 0 Å². The molecule has 2 unspecified atom stereocenters. The molecule has 0 aromatic heterocycles. The summed E-state index contributed by atoms with van der Waals surface area (Å²) in [5, 5.41) is 0. The lowest BCUT2D eigenvalue weighted by Gasteiger charge is -2.18. The number of benzene rings is 1. The Bertz CT molecular complexity index is 596. The molecule has 0 amide bonds. The maximum atomic E-state index is 12.5. The molecule has 0 saturated heterocycles. The van der Waals surface area contributed by atoms with Gasteiger partial charge in [-0.3, -0.25) is 0 Å². The van der Waals surface area contributed by atoms with Crippen LogP contribution in [-0.2, 0) is 10.0 Å². The molecule has 112 valence electrons. The Morgan fingerprint density at radius 1 is 1.30 bits per heavy atom. The molecule has 2 rings (SSSR count). The van der Waals surface area contributed by atoms with Crippen molar-refractivity contribution < 1.29 is 8.42 Å². The number of sulfonamides is 1. The Morgan fingerprint density at radius 2 is 2.00 bits per heavy atom. The molecule has 1 aliphatic carbocycles. The molecule has 1 fully saturated rings. The SMILES string of the molecule is Cc1ccc(N)c(S(=O)(=O)NCC2CCCC2C)c1C. The molecule has 0 spiro atoms. The van der Waals surface area contributed by atoms with Gasteiger partial charge in [0.05, 0.1) is 5.69 Å². The number of rotatable bonds is 4. The van der Waals surface area contributed by atoms with Crippen molar-refractivity contribution in [1.82, 2.24) is 4.72 Å². The first-order valence-corrected chi connectivity index (χ1v) is 8.66. The van der Waals surface area contributed by atoms with E-state index in [1.165, 1.54) is 12.8 Å². The van der Waals surface area contributed by atoms with Crippen molar-refractivity contribution in [3.05, 3.63) is 23.3 Å². The van der Waals surface area contributed by atoms with Gasteiger partial charge in [0.25, 0.3) is 0 Å². The maximum Gasteiger partial charge on any atom is 0.242 e. The van der Waals surface area contributed by atoms with Crippen LogP contribution in [-0.4, -0.2) is 15.0 Å². The molecule has 1 aromatic carbocycles. The van der Waals surface area contributed by atoms with Crippen molar-refractivity contribution in [2.75, 3.05) is 12.3 Å². The van der Waals surface area contributed by atoms with Crippen LogP contribution in [0, 0.1) is 25.7 Å². The van der Waals surface area contributed by atoms with Crippen LogP contribution < -0.4 is 10.5 Å². The highest BCUT2D eigenvalue weighted by Crippen LogP contribution is 2.31. The molecule has 20 heavy (non-hydrogen) atoms. The van der Waals surface area contributed by atoms with Gasteiger partial charge in [0.1, 0.15) is 4.90 Å². The summed E-state index contributed by atoms with van der Waals surface area (Å²) in [7, 11) is -3.53. The fourth-order valence-corrected chi connectivity index (χ4v) is 4.50. The summed E-state index contributed by atoms with van der Waals surface area (Å²) in [6, 6.07) is 3.51. The van der Waals surface area contributed by atoms with E-state index in [2.05, 4.69) is 11.6 Å². The van der Waals surface area contributed by atoms with E-state index >= 15 is 0 Å². The molecule has 5 heteroatoms. The second-order valence-corrected chi connectivity index (χ2v) is 7.65. The van der Waals surface area contributed by atoms with Crippen LogP contribution in [0.15, 0.2) is 17.0 Å². The molecular formula is C15H24N2O2S. The van der Waals surface area contributed by atoms with Gasteiger partial charge in [-0.15, -0.1) is 0 Å². The predicted octanol–water partition coefficient (Wildman–Crippen LogP) is 2.60. The standard InChI is InChI=1S/C15H24N2O2S/c1-10-7-8-14(16)15(12(10)3)20(18,19)17-9-13-6-4-5-11(13)2/h7-8,11,13,17H,4-6,9,16H2,1-3H3. The van der Waals surface area contributed by atoms with E-state index in [0.29, 0.717) is 24.1 Å². The molecule has 0 bridgehead atoms. The molecule has 1 saturated carbocycles. The van der Waals surface area contributed by atoms with E-state index < -0.39 is 10.0 Å². The lowest BCUT2D eigenvalue weighted by Crippen LogP contribution is -2.31. The number of nitrogens with one attached hydrogen (secondary N) is 1. The van der Waals surface area contributed by atoms with Crippen LogP contribution in [0.1, 0.15) is 37.3 Å². The van der Waals surface area contributed by atoms with E-state index in [0.717, 1.165) is 17.5 Å². The average Bonchev–Trinajstić information content (AvgIpc) is 2.77. The smallest absolute Gasteiger partial charge is 0.242 e. The summed E-state index contributed by atoms with van der Waals surface area (Å²) in [6.07, 6.45) is 3.49. The van der Waals surface area contributed by atoms with Crippen LogP contribution in [0.4, 0.5) is 5.69 Å². The Kier molecular flexibility index (Phi) is 4.39. The summed E-state index contributed by atoms with van der Waals surface area (Å²) in [4.78, 5) is 0.239. The van der Waals surface area contributed by atoms with Gasteiger partial charge in [-0.25, -0.2) is 13.1 Å². The number of nitrogens with two attached hydrogens (primary N) is 1. The van der Waals surface area contributed by atoms with E-state index in [1.807, 2.05) is 13.0 Å². The minimum absolute atomic E-state index is 0.239. The highest BCUT2D eigenvalue weighted by molar-refractivity contribution is 7.89. The van der Waals surface area contributed by atoms with Gasteiger partial charge in [0, 0.05) is 6.54 Å². The van der Waals surface area contributed by atoms with Gasteiger partial charge in [0.15, 0.2) is 0 Å². The van der Waals surface area contributed by atoms with Gasteiger partial charge in [-0.1, -0.05) is 25.8 Å². The van der Waals surface area contributed by atoms with E-state index in [1.54, 1.807) is 13.0 Å². The molecule has 0 aliphatic heterocycles. The van der Waals surface area contributed by atoms with Crippen molar-refractivity contribution in [3.63, 3.8) is 0 Å². The van der Waals surface area contributed by atoms with Crippen LogP contribution in [0.2, 0.25) is 0 Å². The highest BCUT2D eigenvalue weighted by atomic mass is 32.2. The third-order valence-electron chi connectivity index (χ3n) is 4.55. The maximum absolute atomic E-state index is 12.5. The lowest BCUT2D eigenvalue weighted by atomic mass is 9.99. The second-order valence-electron chi connectivity index (χ2n) is 5.95. The summed E-state index contributed by atoms with van der Waals surface area (Å²) in [5.41, 5.74) is 7.86. The fraction of sp³-hybridized carbons (Fsp3) is 0.600. The number of anilines is 1. The predicted molar refractivity (Wildman–Crippen MR) is 82.0 cm³/mol. The van der Waals surface area contributed by atoms with Gasteiger partial charge in [-0.05, 0) is 49.3 Å². The van der Waals surface area contributed by atoms with Crippen molar-refractivity contribution >= 4 is 15.7 Å². The molecule has 0 heterocycles. The minimum atomic E-state index is -3.53. The zero-order valence-electron chi connectivity index (χ0n) is 12.4. The van der Waals surface area contributed by atoms with Crippen LogP contribution >= 0.6 is 0 Å². The summed E-state index contributed by atoms with van der Waals surface area (Å²) < 4.78 is 27.7. The number of hydrogen-bond acceptors (Lipinski definition) is 3. The van der Waals surface area contributed by atoms with Crippen LogP contribution in [0.3, 0.4) is 0 Å². The van der Waals surface area contributed by atoms with Gasteiger partial charge in [-0.2, -0.15) is 0 Å². The molecule has 1 aromatic rings. The van der Waals surface area contributed by atoms with Crippen molar-refractivity contribution in [1.29, 1.82) is 0 Å². The summed E-state index contributed by atoms with van der Waals surface area (Å²) >= 11 is 0. The monoisotopic (exact) mass is 296 g/mol. The van der Waals surface area contributed by atoms with E-state index in [9.17, 15) is 8.42 Å². The van der Waals surface area contributed by atoms with E-state index in [-0.39, 0.29) is 4.90 Å². The molecule has 1 aliphatic rings. The number of aryl methyl sites for hydroxylation is 1. The first kappa shape index (κ1) is 15.3.